The van der Waals surface area contributed by atoms with Crippen molar-refractivity contribution in [1.82, 2.24) is 9.97 Å². The number of anilines is 2. The van der Waals surface area contributed by atoms with E-state index in [0.29, 0.717) is 31.9 Å². The Morgan fingerprint density at radius 3 is 2.48 bits per heavy atom. The zero-order chi connectivity index (χ0) is 17.4. The number of fused-ring (bicyclic) bond motifs is 1. The van der Waals surface area contributed by atoms with Gasteiger partial charge in [-0.25, -0.2) is 9.97 Å². The predicted octanol–water partition coefficient (Wildman–Crippen LogP) is 4.04. The highest BCUT2D eigenvalue weighted by Crippen LogP contribution is 2.33. The van der Waals surface area contributed by atoms with E-state index in [0.717, 1.165) is 22.1 Å². The van der Waals surface area contributed by atoms with Crippen molar-refractivity contribution in [2.24, 2.45) is 0 Å². The van der Waals surface area contributed by atoms with Gasteiger partial charge in [0.2, 0.25) is 0 Å². The summed E-state index contributed by atoms with van der Waals surface area (Å²) in [6.07, 6.45) is -2.76. The van der Waals surface area contributed by atoms with Crippen molar-refractivity contribution < 1.29 is 13.2 Å². The van der Waals surface area contributed by atoms with Crippen molar-refractivity contribution in [3.05, 3.63) is 47.6 Å². The number of nitrogens with zero attached hydrogens (tertiary/aromatic N) is 4. The van der Waals surface area contributed by atoms with Crippen LogP contribution in [0.25, 0.3) is 10.2 Å². The number of thiophene rings is 1. The Morgan fingerprint density at radius 1 is 0.960 bits per heavy atom. The van der Waals surface area contributed by atoms with Crippen molar-refractivity contribution in [3.63, 3.8) is 0 Å². The minimum absolute atomic E-state index is 0.608. The van der Waals surface area contributed by atoms with Gasteiger partial charge in [-0.15, -0.1) is 11.3 Å². The molecule has 0 N–H and O–H groups in total. The molecule has 1 aromatic carbocycles. The lowest BCUT2D eigenvalue weighted by molar-refractivity contribution is -0.137. The van der Waals surface area contributed by atoms with Crippen LogP contribution in [0.4, 0.5) is 24.7 Å². The van der Waals surface area contributed by atoms with E-state index in [9.17, 15) is 13.2 Å². The summed E-state index contributed by atoms with van der Waals surface area (Å²) in [4.78, 5) is 12.8. The highest BCUT2D eigenvalue weighted by Gasteiger charge is 2.31. The number of alkyl halides is 3. The van der Waals surface area contributed by atoms with Gasteiger partial charge in [-0.3, -0.25) is 0 Å². The highest BCUT2D eigenvalue weighted by atomic mass is 32.1. The molecule has 25 heavy (non-hydrogen) atoms. The van der Waals surface area contributed by atoms with Crippen LogP contribution in [-0.4, -0.2) is 36.1 Å². The molecule has 0 unspecified atom stereocenters. The molecule has 0 aliphatic carbocycles. The number of hydrogen-bond donors (Lipinski definition) is 0. The molecule has 3 heterocycles. The van der Waals surface area contributed by atoms with Crippen molar-refractivity contribution in [2.45, 2.75) is 6.18 Å². The minimum atomic E-state index is -4.32. The first-order valence-corrected chi connectivity index (χ1v) is 8.76. The molecule has 1 saturated heterocycles. The number of aromatic nitrogens is 2. The van der Waals surface area contributed by atoms with Crippen LogP contribution < -0.4 is 9.80 Å². The molecule has 8 heteroatoms. The van der Waals surface area contributed by atoms with Crippen LogP contribution in [0.15, 0.2) is 42.0 Å². The molecule has 4 nitrogen and oxygen atoms in total. The lowest BCUT2D eigenvalue weighted by Gasteiger charge is -2.37. The van der Waals surface area contributed by atoms with Gasteiger partial charge in [0, 0.05) is 31.9 Å². The third kappa shape index (κ3) is 3.13. The average molecular weight is 364 g/mol. The molecule has 0 bridgehead atoms. The first-order chi connectivity index (χ1) is 12.0. The van der Waals surface area contributed by atoms with Crippen LogP contribution in [-0.2, 0) is 6.18 Å². The topological polar surface area (TPSA) is 32.3 Å². The fourth-order valence-electron chi connectivity index (χ4n) is 3.06. The number of rotatable bonds is 2. The fourth-order valence-corrected chi connectivity index (χ4v) is 3.92. The molecular weight excluding hydrogens is 349 g/mol. The predicted molar refractivity (Wildman–Crippen MR) is 93.3 cm³/mol. The number of halogens is 3. The number of benzene rings is 1. The van der Waals surface area contributed by atoms with Gasteiger partial charge in [-0.1, -0.05) is 6.07 Å². The van der Waals surface area contributed by atoms with Gasteiger partial charge in [0.1, 0.15) is 12.1 Å². The molecule has 0 spiro atoms. The summed E-state index contributed by atoms with van der Waals surface area (Å²) < 4.78 is 39.7. The maximum atomic E-state index is 12.9. The lowest BCUT2D eigenvalue weighted by Crippen LogP contribution is -2.46. The molecule has 2 aromatic heterocycles. The van der Waals surface area contributed by atoms with Gasteiger partial charge < -0.3 is 9.80 Å². The average Bonchev–Trinajstić information content (AvgIpc) is 3.10. The first-order valence-electron chi connectivity index (χ1n) is 7.88. The van der Waals surface area contributed by atoms with Gasteiger partial charge in [-0.2, -0.15) is 13.2 Å². The number of hydrogen-bond acceptors (Lipinski definition) is 5. The molecular formula is C17H15F3N4S. The zero-order valence-electron chi connectivity index (χ0n) is 13.2. The van der Waals surface area contributed by atoms with E-state index in [-0.39, 0.29) is 0 Å². The lowest BCUT2D eigenvalue weighted by atomic mass is 10.1. The monoisotopic (exact) mass is 364 g/mol. The van der Waals surface area contributed by atoms with Crippen LogP contribution >= 0.6 is 11.3 Å². The second-order valence-electron chi connectivity index (χ2n) is 5.85. The summed E-state index contributed by atoms with van der Waals surface area (Å²) in [5.41, 5.74) is 0.928. The van der Waals surface area contributed by atoms with E-state index in [1.54, 1.807) is 23.7 Å². The van der Waals surface area contributed by atoms with Crippen LogP contribution in [0.1, 0.15) is 5.56 Å². The molecule has 3 aromatic rings. The molecule has 1 aliphatic rings. The Morgan fingerprint density at radius 2 is 1.72 bits per heavy atom. The van der Waals surface area contributed by atoms with Gasteiger partial charge >= 0.3 is 6.18 Å². The molecule has 0 radical (unpaired) electrons. The third-order valence-electron chi connectivity index (χ3n) is 4.34. The third-order valence-corrected chi connectivity index (χ3v) is 5.24. The molecule has 1 fully saturated rings. The molecule has 0 saturated carbocycles. The molecule has 4 rings (SSSR count). The summed E-state index contributed by atoms with van der Waals surface area (Å²) in [5, 5.41) is 1.99. The van der Waals surface area contributed by atoms with Crippen molar-refractivity contribution >= 4 is 33.1 Å². The standard InChI is InChI=1S/C17H15F3N4S/c18-17(19,20)12-2-1-3-13(10-12)23-5-7-24(8-6-23)16-15-14(4-9-25-15)21-11-22-16/h1-4,9-11H,5-8H2. The normalized spacial score (nSPS) is 15.8. The summed E-state index contributed by atoms with van der Waals surface area (Å²) in [5.74, 6) is 0.906. The van der Waals surface area contributed by atoms with Crippen molar-refractivity contribution in [2.75, 3.05) is 36.0 Å². The smallest absolute Gasteiger partial charge is 0.368 e. The highest BCUT2D eigenvalue weighted by molar-refractivity contribution is 7.17. The summed E-state index contributed by atoms with van der Waals surface area (Å²) in [7, 11) is 0. The quantitative estimate of drug-likeness (QED) is 0.687. The van der Waals surface area contributed by atoms with Crippen molar-refractivity contribution in [1.29, 1.82) is 0 Å². The van der Waals surface area contributed by atoms with E-state index in [1.807, 2.05) is 16.3 Å². The van der Waals surface area contributed by atoms with E-state index < -0.39 is 11.7 Å². The van der Waals surface area contributed by atoms with Gasteiger partial charge in [-0.05, 0) is 29.6 Å². The maximum Gasteiger partial charge on any atom is 0.416 e. The largest absolute Gasteiger partial charge is 0.416 e. The molecule has 130 valence electrons. The van der Waals surface area contributed by atoms with Gasteiger partial charge in [0.05, 0.1) is 15.8 Å². The summed E-state index contributed by atoms with van der Waals surface area (Å²) >= 11 is 1.60. The van der Waals surface area contributed by atoms with Crippen LogP contribution in [0.2, 0.25) is 0 Å². The Bertz CT molecular complexity index is 885. The Kier molecular flexibility index (Phi) is 3.99. The SMILES string of the molecule is FC(F)(F)c1cccc(N2CCN(c3ncnc4ccsc34)CC2)c1. The zero-order valence-corrected chi connectivity index (χ0v) is 14.0. The Labute approximate surface area is 146 Å². The molecule has 1 aliphatic heterocycles. The maximum absolute atomic E-state index is 12.9. The Hall–Kier alpha value is -2.35. The van der Waals surface area contributed by atoms with E-state index >= 15 is 0 Å². The van der Waals surface area contributed by atoms with E-state index in [1.165, 1.54) is 12.1 Å². The summed E-state index contributed by atoms with van der Waals surface area (Å²) in [6.45, 7) is 2.72. The van der Waals surface area contributed by atoms with E-state index in [2.05, 4.69) is 14.9 Å². The van der Waals surface area contributed by atoms with Crippen LogP contribution in [0, 0.1) is 0 Å². The van der Waals surface area contributed by atoms with Crippen LogP contribution in [0.3, 0.4) is 0 Å². The fraction of sp³-hybridized carbons (Fsp3) is 0.294. The first kappa shape index (κ1) is 16.1. The second-order valence-corrected chi connectivity index (χ2v) is 6.77. The minimum Gasteiger partial charge on any atom is -0.368 e. The van der Waals surface area contributed by atoms with Gasteiger partial charge in [0.25, 0.3) is 0 Å². The number of piperazine rings is 1. The second kappa shape index (κ2) is 6.18. The van der Waals surface area contributed by atoms with Crippen LogP contribution in [0.5, 0.6) is 0 Å². The molecule has 0 amide bonds. The van der Waals surface area contributed by atoms with E-state index in [4.69, 9.17) is 0 Å². The van der Waals surface area contributed by atoms with Gasteiger partial charge in [0.15, 0.2) is 0 Å². The van der Waals surface area contributed by atoms with Crippen molar-refractivity contribution in [3.8, 4) is 0 Å². The molecule has 0 atom stereocenters. The Balaban J connectivity index is 1.51. The summed E-state index contributed by atoms with van der Waals surface area (Å²) in [6, 6.07) is 7.48.